The Labute approximate surface area is 161 Å². The number of hydrogen-bond acceptors (Lipinski definition) is 3. The summed E-state index contributed by atoms with van der Waals surface area (Å²) in [7, 11) is 0. The monoisotopic (exact) mass is 380 g/mol. The second kappa shape index (κ2) is 6.67. The second-order valence-corrected chi connectivity index (χ2v) is 6.97. The lowest BCUT2D eigenvalue weighted by Gasteiger charge is -2.10. The minimum Gasteiger partial charge on any atom is -0.339 e. The van der Waals surface area contributed by atoms with Gasteiger partial charge >= 0.3 is 0 Å². The minimum absolute atomic E-state index is 0.255. The fourth-order valence-corrected chi connectivity index (χ4v) is 3.42. The number of aromatic nitrogens is 3. The Morgan fingerprint density at radius 2 is 1.85 bits per heavy atom. The SMILES string of the molecule is Cc1ccc(Nc2ncnc3c2c(C)c(C)n3-c2cccc(Cl)c2)cc1F. The molecule has 0 saturated heterocycles. The zero-order valence-corrected chi connectivity index (χ0v) is 16.0. The van der Waals surface area contributed by atoms with Crippen LogP contribution in [0, 0.1) is 26.6 Å². The summed E-state index contributed by atoms with van der Waals surface area (Å²) in [6.07, 6.45) is 1.51. The van der Waals surface area contributed by atoms with Crippen LogP contribution in [0.15, 0.2) is 48.8 Å². The molecule has 0 radical (unpaired) electrons. The van der Waals surface area contributed by atoms with E-state index in [1.165, 1.54) is 12.4 Å². The van der Waals surface area contributed by atoms with Gasteiger partial charge in [-0.1, -0.05) is 23.7 Å². The summed E-state index contributed by atoms with van der Waals surface area (Å²) in [6, 6.07) is 12.7. The van der Waals surface area contributed by atoms with Gasteiger partial charge in [-0.3, -0.25) is 4.57 Å². The van der Waals surface area contributed by atoms with Crippen molar-refractivity contribution in [1.82, 2.24) is 14.5 Å². The molecule has 0 bridgehead atoms. The maximum Gasteiger partial charge on any atom is 0.150 e. The van der Waals surface area contributed by atoms with E-state index < -0.39 is 0 Å². The number of nitrogens with one attached hydrogen (secondary N) is 1. The quantitative estimate of drug-likeness (QED) is 0.482. The predicted molar refractivity (Wildman–Crippen MR) is 108 cm³/mol. The van der Waals surface area contributed by atoms with E-state index in [9.17, 15) is 4.39 Å². The van der Waals surface area contributed by atoms with E-state index in [0.717, 1.165) is 28.0 Å². The minimum atomic E-state index is -0.255. The van der Waals surface area contributed by atoms with E-state index in [-0.39, 0.29) is 5.82 Å². The van der Waals surface area contributed by atoms with Crippen molar-refractivity contribution in [1.29, 1.82) is 0 Å². The Hall–Kier alpha value is -2.92. The number of aryl methyl sites for hydroxylation is 2. The molecule has 4 aromatic rings. The third-order valence-corrected chi connectivity index (χ3v) is 5.03. The molecule has 0 spiro atoms. The standard InChI is InChI=1S/C21H18ClFN4/c1-12-7-8-16(10-18(12)23)26-20-19-13(2)14(3)27(21(19)25-11-24-20)17-6-4-5-15(22)9-17/h4-11H,1-3H3,(H,24,25,26). The maximum absolute atomic E-state index is 13.9. The van der Waals surface area contributed by atoms with Crippen LogP contribution < -0.4 is 5.32 Å². The van der Waals surface area contributed by atoms with Gasteiger partial charge in [0.2, 0.25) is 0 Å². The van der Waals surface area contributed by atoms with Gasteiger partial charge in [-0.25, -0.2) is 14.4 Å². The van der Waals surface area contributed by atoms with E-state index >= 15 is 0 Å². The van der Waals surface area contributed by atoms with Crippen LogP contribution in [-0.2, 0) is 0 Å². The van der Waals surface area contributed by atoms with Crippen molar-refractivity contribution in [3.63, 3.8) is 0 Å². The van der Waals surface area contributed by atoms with Gasteiger partial charge in [-0.15, -0.1) is 0 Å². The Bertz CT molecular complexity index is 1170. The molecule has 4 rings (SSSR count). The molecular formula is C21H18ClFN4. The summed E-state index contributed by atoms with van der Waals surface area (Å²) >= 11 is 6.18. The third kappa shape index (κ3) is 3.04. The first-order valence-electron chi connectivity index (χ1n) is 8.57. The smallest absolute Gasteiger partial charge is 0.150 e. The average Bonchev–Trinajstić information content (AvgIpc) is 2.90. The Balaban J connectivity index is 1.89. The lowest BCUT2D eigenvalue weighted by Crippen LogP contribution is -2.00. The van der Waals surface area contributed by atoms with Crippen molar-refractivity contribution >= 4 is 34.1 Å². The van der Waals surface area contributed by atoms with Gasteiger partial charge in [-0.2, -0.15) is 0 Å². The van der Waals surface area contributed by atoms with E-state index in [0.29, 0.717) is 22.1 Å². The number of fused-ring (bicyclic) bond motifs is 1. The number of benzene rings is 2. The van der Waals surface area contributed by atoms with Crippen LogP contribution in [0.1, 0.15) is 16.8 Å². The number of hydrogen-bond donors (Lipinski definition) is 1. The van der Waals surface area contributed by atoms with Gasteiger partial charge in [-0.05, 0) is 62.2 Å². The molecule has 27 heavy (non-hydrogen) atoms. The highest BCUT2D eigenvalue weighted by Gasteiger charge is 2.18. The van der Waals surface area contributed by atoms with E-state index in [1.807, 2.05) is 44.2 Å². The van der Waals surface area contributed by atoms with Crippen LogP contribution >= 0.6 is 11.6 Å². The van der Waals surface area contributed by atoms with Gasteiger partial charge < -0.3 is 5.32 Å². The average molecular weight is 381 g/mol. The van der Waals surface area contributed by atoms with Crippen molar-refractivity contribution < 1.29 is 4.39 Å². The van der Waals surface area contributed by atoms with E-state index in [1.54, 1.807) is 13.0 Å². The van der Waals surface area contributed by atoms with Gasteiger partial charge in [0.15, 0.2) is 5.65 Å². The molecule has 2 aromatic heterocycles. The lowest BCUT2D eigenvalue weighted by atomic mass is 10.2. The summed E-state index contributed by atoms with van der Waals surface area (Å²) in [4.78, 5) is 8.89. The van der Waals surface area contributed by atoms with Crippen LogP contribution in [-0.4, -0.2) is 14.5 Å². The van der Waals surface area contributed by atoms with E-state index in [4.69, 9.17) is 11.6 Å². The number of anilines is 2. The van der Waals surface area contributed by atoms with Crippen molar-refractivity contribution in [2.24, 2.45) is 0 Å². The fourth-order valence-electron chi connectivity index (χ4n) is 3.23. The van der Waals surface area contributed by atoms with Crippen LogP contribution in [0.4, 0.5) is 15.9 Å². The van der Waals surface area contributed by atoms with Crippen molar-refractivity contribution in [2.45, 2.75) is 20.8 Å². The molecular weight excluding hydrogens is 363 g/mol. The summed E-state index contributed by atoms with van der Waals surface area (Å²) in [5.74, 6) is 0.388. The van der Waals surface area contributed by atoms with Gasteiger partial charge in [0, 0.05) is 22.1 Å². The topological polar surface area (TPSA) is 42.7 Å². The highest BCUT2D eigenvalue weighted by molar-refractivity contribution is 6.30. The zero-order valence-electron chi connectivity index (χ0n) is 15.2. The van der Waals surface area contributed by atoms with Crippen LogP contribution in [0.25, 0.3) is 16.7 Å². The zero-order chi connectivity index (χ0) is 19.1. The highest BCUT2D eigenvalue weighted by Crippen LogP contribution is 2.33. The highest BCUT2D eigenvalue weighted by atomic mass is 35.5. The summed E-state index contributed by atoms with van der Waals surface area (Å²) in [6.45, 7) is 5.80. The molecule has 2 heterocycles. The molecule has 6 heteroatoms. The maximum atomic E-state index is 13.9. The van der Waals surface area contributed by atoms with Gasteiger partial charge in [0.05, 0.1) is 5.39 Å². The second-order valence-electron chi connectivity index (χ2n) is 6.54. The van der Waals surface area contributed by atoms with E-state index in [2.05, 4.69) is 19.9 Å². The van der Waals surface area contributed by atoms with Crippen molar-refractivity contribution in [3.8, 4) is 5.69 Å². The molecule has 0 unspecified atom stereocenters. The molecule has 136 valence electrons. The Morgan fingerprint density at radius 3 is 2.59 bits per heavy atom. The molecule has 0 saturated carbocycles. The molecule has 4 nitrogen and oxygen atoms in total. The molecule has 0 atom stereocenters. The lowest BCUT2D eigenvalue weighted by molar-refractivity contribution is 0.619. The summed E-state index contributed by atoms with van der Waals surface area (Å²) < 4.78 is 16.0. The number of halogens is 2. The van der Waals surface area contributed by atoms with Gasteiger partial charge in [0.1, 0.15) is 18.0 Å². The van der Waals surface area contributed by atoms with Crippen LogP contribution in [0.5, 0.6) is 0 Å². The first-order chi connectivity index (χ1) is 13.0. The van der Waals surface area contributed by atoms with Crippen molar-refractivity contribution in [3.05, 3.63) is 76.5 Å². The van der Waals surface area contributed by atoms with Crippen LogP contribution in [0.3, 0.4) is 0 Å². The predicted octanol–water partition coefficient (Wildman–Crippen LogP) is 5.88. The molecule has 2 aromatic carbocycles. The summed E-state index contributed by atoms with van der Waals surface area (Å²) in [5.41, 5.74) is 5.06. The molecule has 0 amide bonds. The first-order valence-corrected chi connectivity index (χ1v) is 8.95. The molecule has 0 aliphatic rings. The first kappa shape index (κ1) is 17.5. The van der Waals surface area contributed by atoms with Gasteiger partial charge in [0.25, 0.3) is 0 Å². The Kier molecular flexibility index (Phi) is 4.32. The number of nitrogens with zero attached hydrogens (tertiary/aromatic N) is 3. The molecule has 0 aliphatic carbocycles. The molecule has 1 N–H and O–H groups in total. The molecule has 0 fully saturated rings. The number of rotatable bonds is 3. The van der Waals surface area contributed by atoms with Crippen LogP contribution in [0.2, 0.25) is 5.02 Å². The summed E-state index contributed by atoms with van der Waals surface area (Å²) in [5, 5.41) is 4.79. The largest absolute Gasteiger partial charge is 0.339 e. The van der Waals surface area contributed by atoms with Crippen molar-refractivity contribution in [2.75, 3.05) is 5.32 Å². The Morgan fingerprint density at radius 1 is 1.04 bits per heavy atom. The normalized spacial score (nSPS) is 11.1. The molecule has 0 aliphatic heterocycles. The fraction of sp³-hybridized carbons (Fsp3) is 0.143. The third-order valence-electron chi connectivity index (χ3n) is 4.79.